The molecule has 0 fully saturated rings. The molecule has 0 amide bonds. The van der Waals surface area contributed by atoms with Crippen LogP contribution in [-0.4, -0.2) is 23.5 Å². The van der Waals surface area contributed by atoms with E-state index in [1.165, 1.54) is 0 Å². The minimum absolute atomic E-state index is 0.0217. The van der Waals surface area contributed by atoms with Crippen LogP contribution in [0.5, 0.6) is 0 Å². The van der Waals surface area contributed by atoms with Crippen LogP contribution >= 0.6 is 0 Å². The second-order valence-electron chi connectivity index (χ2n) is 3.44. The fourth-order valence-corrected chi connectivity index (χ4v) is 1.16. The van der Waals surface area contributed by atoms with E-state index in [4.69, 9.17) is 10.8 Å². The van der Waals surface area contributed by atoms with Gasteiger partial charge in [-0.1, -0.05) is 29.8 Å². The van der Waals surface area contributed by atoms with Crippen LogP contribution in [0, 0.1) is 6.92 Å². The highest BCUT2D eigenvalue weighted by Gasteiger charge is 2.10. The lowest BCUT2D eigenvalue weighted by molar-refractivity contribution is 0.0961. The highest BCUT2D eigenvalue weighted by atomic mass is 16.3. The summed E-state index contributed by atoms with van der Waals surface area (Å²) in [5.41, 5.74) is 7.24. The molecule has 0 saturated heterocycles. The number of benzene rings is 1. The molecule has 1 unspecified atom stereocenters. The SMILES string of the molecule is Cc1ccc(C(=O)CC(N)CO)cc1. The first-order valence-electron chi connectivity index (χ1n) is 4.60. The van der Waals surface area contributed by atoms with E-state index >= 15 is 0 Å². The van der Waals surface area contributed by atoms with Crippen molar-refractivity contribution in [1.82, 2.24) is 0 Å². The van der Waals surface area contributed by atoms with Crippen molar-refractivity contribution in [3.63, 3.8) is 0 Å². The first-order chi connectivity index (χ1) is 6.63. The Morgan fingerprint density at radius 3 is 2.50 bits per heavy atom. The molecular formula is C11H15NO2. The summed E-state index contributed by atoms with van der Waals surface area (Å²) in [7, 11) is 0. The predicted octanol–water partition coefficient (Wildman–Crippen LogP) is 0.887. The Bertz CT molecular complexity index is 306. The lowest BCUT2D eigenvalue weighted by atomic mass is 10.0. The Kier molecular flexibility index (Phi) is 3.80. The van der Waals surface area contributed by atoms with Crippen LogP contribution in [0.1, 0.15) is 22.3 Å². The molecule has 3 heteroatoms. The van der Waals surface area contributed by atoms with Crippen molar-refractivity contribution in [2.75, 3.05) is 6.61 Å². The van der Waals surface area contributed by atoms with Crippen molar-refractivity contribution in [1.29, 1.82) is 0 Å². The summed E-state index contributed by atoms with van der Waals surface area (Å²) in [6.45, 7) is 1.81. The fourth-order valence-electron chi connectivity index (χ4n) is 1.16. The van der Waals surface area contributed by atoms with Crippen molar-refractivity contribution in [2.45, 2.75) is 19.4 Å². The number of rotatable bonds is 4. The lowest BCUT2D eigenvalue weighted by Gasteiger charge is -2.06. The number of carbonyl (C=O) groups is 1. The maximum absolute atomic E-state index is 11.5. The lowest BCUT2D eigenvalue weighted by Crippen LogP contribution is -2.27. The third-order valence-electron chi connectivity index (χ3n) is 2.06. The molecule has 0 radical (unpaired) electrons. The van der Waals surface area contributed by atoms with Gasteiger partial charge >= 0.3 is 0 Å². The van der Waals surface area contributed by atoms with Gasteiger partial charge in [0.15, 0.2) is 5.78 Å². The third-order valence-corrected chi connectivity index (χ3v) is 2.06. The largest absolute Gasteiger partial charge is 0.395 e. The van der Waals surface area contributed by atoms with Gasteiger partial charge < -0.3 is 10.8 Å². The monoisotopic (exact) mass is 193 g/mol. The van der Waals surface area contributed by atoms with Crippen molar-refractivity contribution in [3.8, 4) is 0 Å². The highest BCUT2D eigenvalue weighted by molar-refractivity contribution is 5.96. The van der Waals surface area contributed by atoms with Gasteiger partial charge in [-0.15, -0.1) is 0 Å². The average Bonchev–Trinajstić information content (AvgIpc) is 2.18. The minimum Gasteiger partial charge on any atom is -0.395 e. The fraction of sp³-hybridized carbons (Fsp3) is 0.364. The summed E-state index contributed by atoms with van der Waals surface area (Å²) in [6.07, 6.45) is 0.194. The molecule has 14 heavy (non-hydrogen) atoms. The maximum Gasteiger partial charge on any atom is 0.164 e. The van der Waals surface area contributed by atoms with Gasteiger partial charge in [0.2, 0.25) is 0 Å². The minimum atomic E-state index is -0.455. The summed E-state index contributed by atoms with van der Waals surface area (Å²) in [5.74, 6) is -0.0217. The third kappa shape index (κ3) is 2.94. The maximum atomic E-state index is 11.5. The number of hydrogen-bond donors (Lipinski definition) is 2. The molecule has 0 bridgehead atoms. The Balaban J connectivity index is 2.65. The van der Waals surface area contributed by atoms with E-state index in [9.17, 15) is 4.79 Å². The van der Waals surface area contributed by atoms with E-state index in [1.54, 1.807) is 12.1 Å². The highest BCUT2D eigenvalue weighted by Crippen LogP contribution is 2.06. The number of aliphatic hydroxyl groups excluding tert-OH is 1. The number of carbonyl (C=O) groups excluding carboxylic acids is 1. The van der Waals surface area contributed by atoms with Crippen molar-refractivity contribution >= 4 is 5.78 Å². The van der Waals surface area contributed by atoms with Gasteiger partial charge in [-0.3, -0.25) is 4.79 Å². The molecule has 1 aromatic carbocycles. The molecule has 0 aliphatic heterocycles. The number of aliphatic hydroxyl groups is 1. The molecule has 1 atom stereocenters. The first-order valence-corrected chi connectivity index (χ1v) is 4.60. The second kappa shape index (κ2) is 4.88. The van der Waals surface area contributed by atoms with Crippen LogP contribution < -0.4 is 5.73 Å². The molecule has 76 valence electrons. The smallest absolute Gasteiger partial charge is 0.164 e. The van der Waals surface area contributed by atoms with Gasteiger partial charge in [-0.05, 0) is 6.92 Å². The van der Waals surface area contributed by atoms with Crippen LogP contribution in [-0.2, 0) is 0 Å². The standard InChI is InChI=1S/C11H15NO2/c1-8-2-4-9(5-3-8)11(14)6-10(12)7-13/h2-5,10,13H,6-7,12H2,1H3. The van der Waals surface area contributed by atoms with Gasteiger partial charge in [0, 0.05) is 18.0 Å². The van der Waals surface area contributed by atoms with E-state index in [1.807, 2.05) is 19.1 Å². The van der Waals surface area contributed by atoms with Crippen LogP contribution in [0.25, 0.3) is 0 Å². The van der Waals surface area contributed by atoms with Crippen LogP contribution in [0.3, 0.4) is 0 Å². The summed E-state index contributed by atoms with van der Waals surface area (Å²) in [5, 5.41) is 8.70. The summed E-state index contributed by atoms with van der Waals surface area (Å²) >= 11 is 0. The number of Topliss-reactive ketones (excluding diaryl/α,β-unsaturated/α-hetero) is 1. The number of aryl methyl sites for hydroxylation is 1. The van der Waals surface area contributed by atoms with Crippen LogP contribution in [0.2, 0.25) is 0 Å². The Hall–Kier alpha value is -1.19. The van der Waals surface area contributed by atoms with Crippen molar-refractivity contribution < 1.29 is 9.90 Å². The molecule has 0 spiro atoms. The zero-order valence-electron chi connectivity index (χ0n) is 8.23. The van der Waals surface area contributed by atoms with Gasteiger partial charge in [-0.2, -0.15) is 0 Å². The number of ketones is 1. The van der Waals surface area contributed by atoms with E-state index in [2.05, 4.69) is 0 Å². The molecule has 3 nitrogen and oxygen atoms in total. The van der Waals surface area contributed by atoms with Gasteiger partial charge in [0.05, 0.1) is 6.61 Å². The molecule has 1 aromatic rings. The molecule has 0 aliphatic rings. The Morgan fingerprint density at radius 1 is 1.43 bits per heavy atom. The van der Waals surface area contributed by atoms with Gasteiger partial charge in [0.1, 0.15) is 0 Å². The molecule has 0 saturated carbocycles. The average molecular weight is 193 g/mol. The molecule has 1 rings (SSSR count). The van der Waals surface area contributed by atoms with Gasteiger partial charge in [-0.25, -0.2) is 0 Å². The normalized spacial score (nSPS) is 12.5. The Labute approximate surface area is 83.6 Å². The molecule has 0 aliphatic carbocycles. The second-order valence-corrected chi connectivity index (χ2v) is 3.44. The predicted molar refractivity (Wildman–Crippen MR) is 55.2 cm³/mol. The summed E-state index contributed by atoms with van der Waals surface area (Å²) in [4.78, 5) is 11.5. The molecule has 0 aromatic heterocycles. The quantitative estimate of drug-likeness (QED) is 0.698. The first kappa shape index (κ1) is 10.9. The van der Waals surface area contributed by atoms with Crippen molar-refractivity contribution in [3.05, 3.63) is 35.4 Å². The zero-order chi connectivity index (χ0) is 10.6. The Morgan fingerprint density at radius 2 is 2.00 bits per heavy atom. The number of nitrogens with two attached hydrogens (primary N) is 1. The van der Waals surface area contributed by atoms with Gasteiger partial charge in [0.25, 0.3) is 0 Å². The zero-order valence-corrected chi connectivity index (χ0v) is 8.23. The van der Waals surface area contributed by atoms with Crippen LogP contribution in [0.4, 0.5) is 0 Å². The topological polar surface area (TPSA) is 63.3 Å². The van der Waals surface area contributed by atoms with Crippen LogP contribution in [0.15, 0.2) is 24.3 Å². The summed E-state index contributed by atoms with van der Waals surface area (Å²) in [6, 6.07) is 6.88. The molecular weight excluding hydrogens is 178 g/mol. The summed E-state index contributed by atoms with van der Waals surface area (Å²) < 4.78 is 0. The van der Waals surface area contributed by atoms with Crippen molar-refractivity contribution in [2.24, 2.45) is 5.73 Å². The van der Waals surface area contributed by atoms with E-state index < -0.39 is 6.04 Å². The molecule has 0 heterocycles. The van der Waals surface area contributed by atoms with E-state index in [0.717, 1.165) is 5.56 Å². The molecule has 3 N–H and O–H groups in total. The van der Waals surface area contributed by atoms with E-state index in [0.29, 0.717) is 5.56 Å². The van der Waals surface area contributed by atoms with E-state index in [-0.39, 0.29) is 18.8 Å². The number of hydrogen-bond acceptors (Lipinski definition) is 3.